The lowest BCUT2D eigenvalue weighted by Gasteiger charge is -2.50. The first-order valence-electron chi connectivity index (χ1n) is 8.75. The molecule has 130 valence electrons. The van der Waals surface area contributed by atoms with E-state index < -0.39 is 0 Å². The van der Waals surface area contributed by atoms with E-state index in [4.69, 9.17) is 4.74 Å². The third kappa shape index (κ3) is 3.22. The number of hydrogen-bond acceptors (Lipinski definition) is 5. The van der Waals surface area contributed by atoms with Crippen LogP contribution in [0.5, 0.6) is 0 Å². The number of carbonyl (C=O) groups is 1. The number of amides is 1. The molecular formula is C19H22N4O2. The summed E-state index contributed by atoms with van der Waals surface area (Å²) in [7, 11) is 0. The van der Waals surface area contributed by atoms with Gasteiger partial charge in [-0.3, -0.25) is 9.78 Å². The Bertz CT molecular complexity index is 717. The molecule has 1 N–H and O–H groups in total. The number of nitrogens with one attached hydrogen (secondary N) is 1. The molecule has 1 amide bonds. The molecule has 4 rings (SSSR count). The smallest absolute Gasteiger partial charge is 0.254 e. The summed E-state index contributed by atoms with van der Waals surface area (Å²) < 4.78 is 6.06. The van der Waals surface area contributed by atoms with Gasteiger partial charge < -0.3 is 15.0 Å². The van der Waals surface area contributed by atoms with Gasteiger partial charge in [0.1, 0.15) is 11.4 Å². The maximum absolute atomic E-state index is 12.5. The predicted octanol–water partition coefficient (Wildman–Crippen LogP) is 2.21. The van der Waals surface area contributed by atoms with Crippen LogP contribution in [-0.2, 0) is 4.74 Å². The Hall–Kier alpha value is -2.47. The second kappa shape index (κ2) is 6.80. The van der Waals surface area contributed by atoms with Crippen LogP contribution in [0.1, 0.15) is 23.2 Å². The van der Waals surface area contributed by atoms with E-state index in [-0.39, 0.29) is 11.5 Å². The zero-order valence-electron chi connectivity index (χ0n) is 14.1. The molecule has 0 saturated carbocycles. The van der Waals surface area contributed by atoms with Crippen molar-refractivity contribution >= 4 is 11.7 Å². The monoisotopic (exact) mass is 338 g/mol. The molecule has 2 aliphatic heterocycles. The van der Waals surface area contributed by atoms with E-state index in [0.717, 1.165) is 31.8 Å². The molecule has 2 aromatic rings. The number of anilines is 1. The van der Waals surface area contributed by atoms with E-state index in [1.807, 2.05) is 23.1 Å². The van der Waals surface area contributed by atoms with Crippen molar-refractivity contribution in [2.24, 2.45) is 5.92 Å². The highest BCUT2D eigenvalue weighted by atomic mass is 16.5. The van der Waals surface area contributed by atoms with Crippen molar-refractivity contribution in [3.63, 3.8) is 0 Å². The number of nitrogens with zero attached hydrogens (tertiary/aromatic N) is 3. The second-order valence-electron chi connectivity index (χ2n) is 6.73. The van der Waals surface area contributed by atoms with Crippen molar-refractivity contribution in [2.75, 3.05) is 31.6 Å². The van der Waals surface area contributed by atoms with E-state index in [0.29, 0.717) is 24.6 Å². The van der Waals surface area contributed by atoms with Gasteiger partial charge in [-0.2, -0.15) is 0 Å². The zero-order valence-corrected chi connectivity index (χ0v) is 14.1. The Labute approximate surface area is 147 Å². The molecule has 1 atom stereocenters. The average Bonchev–Trinajstić information content (AvgIpc) is 3.05. The number of likely N-dealkylation sites (tertiary alicyclic amines) is 1. The van der Waals surface area contributed by atoms with E-state index in [1.165, 1.54) is 0 Å². The quantitative estimate of drug-likeness (QED) is 0.905. The summed E-state index contributed by atoms with van der Waals surface area (Å²) in [6, 6.07) is 9.38. The molecule has 25 heavy (non-hydrogen) atoms. The number of pyridine rings is 2. The number of carbonyl (C=O) groups excluding carboxylic acids is 1. The lowest BCUT2D eigenvalue weighted by Crippen LogP contribution is -2.66. The van der Waals surface area contributed by atoms with Crippen LogP contribution in [-0.4, -0.2) is 52.6 Å². The number of rotatable bonds is 5. The molecule has 6 heteroatoms. The van der Waals surface area contributed by atoms with Crippen LogP contribution in [0.2, 0.25) is 0 Å². The Morgan fingerprint density at radius 1 is 1.24 bits per heavy atom. The van der Waals surface area contributed by atoms with Gasteiger partial charge >= 0.3 is 0 Å². The summed E-state index contributed by atoms with van der Waals surface area (Å²) in [4.78, 5) is 22.6. The Kier molecular flexibility index (Phi) is 4.36. The van der Waals surface area contributed by atoms with Gasteiger partial charge in [0.2, 0.25) is 0 Å². The SMILES string of the molecule is O=C(c1ccncc1)N1CC2(C1)OCC[C@@H]2CCNc1ccccn1. The summed E-state index contributed by atoms with van der Waals surface area (Å²) in [6.07, 6.45) is 7.17. The normalized spacial score (nSPS) is 21.1. The van der Waals surface area contributed by atoms with Gasteiger partial charge in [-0.05, 0) is 43.0 Å². The minimum atomic E-state index is -0.158. The van der Waals surface area contributed by atoms with Gasteiger partial charge in [0.15, 0.2) is 0 Å². The van der Waals surface area contributed by atoms with E-state index in [1.54, 1.807) is 30.7 Å². The van der Waals surface area contributed by atoms with Gasteiger partial charge in [0.25, 0.3) is 5.91 Å². The van der Waals surface area contributed by atoms with Crippen LogP contribution in [0.25, 0.3) is 0 Å². The van der Waals surface area contributed by atoms with Crippen molar-refractivity contribution in [2.45, 2.75) is 18.4 Å². The van der Waals surface area contributed by atoms with Crippen LogP contribution in [0.3, 0.4) is 0 Å². The minimum absolute atomic E-state index is 0.0638. The molecule has 6 nitrogen and oxygen atoms in total. The van der Waals surface area contributed by atoms with Gasteiger partial charge in [-0.25, -0.2) is 4.98 Å². The van der Waals surface area contributed by atoms with Crippen LogP contribution in [0, 0.1) is 5.92 Å². The lowest BCUT2D eigenvalue weighted by molar-refractivity contribution is -0.117. The van der Waals surface area contributed by atoms with Gasteiger partial charge in [-0.15, -0.1) is 0 Å². The molecule has 0 radical (unpaired) electrons. The highest BCUT2D eigenvalue weighted by molar-refractivity contribution is 5.94. The highest BCUT2D eigenvalue weighted by Crippen LogP contribution is 2.42. The van der Waals surface area contributed by atoms with E-state index in [2.05, 4.69) is 15.3 Å². The first kappa shape index (κ1) is 16.0. The van der Waals surface area contributed by atoms with Crippen molar-refractivity contribution in [1.29, 1.82) is 0 Å². The minimum Gasteiger partial charge on any atom is -0.371 e. The molecule has 0 aromatic carbocycles. The van der Waals surface area contributed by atoms with E-state index >= 15 is 0 Å². The largest absolute Gasteiger partial charge is 0.371 e. The van der Waals surface area contributed by atoms with Crippen LogP contribution < -0.4 is 5.32 Å². The second-order valence-corrected chi connectivity index (χ2v) is 6.73. The molecule has 1 spiro atoms. The Balaban J connectivity index is 1.31. The summed E-state index contributed by atoms with van der Waals surface area (Å²) in [5, 5.41) is 3.36. The molecule has 2 saturated heterocycles. The molecule has 0 bridgehead atoms. The fraction of sp³-hybridized carbons (Fsp3) is 0.421. The Morgan fingerprint density at radius 2 is 2.08 bits per heavy atom. The number of hydrogen-bond donors (Lipinski definition) is 1. The lowest BCUT2D eigenvalue weighted by atomic mass is 9.78. The zero-order chi connectivity index (χ0) is 17.1. The third-order valence-corrected chi connectivity index (χ3v) is 5.20. The molecule has 0 aliphatic carbocycles. The molecular weight excluding hydrogens is 316 g/mol. The first-order valence-corrected chi connectivity index (χ1v) is 8.75. The molecule has 4 heterocycles. The third-order valence-electron chi connectivity index (χ3n) is 5.20. The van der Waals surface area contributed by atoms with Gasteiger partial charge in [0.05, 0.1) is 13.1 Å². The fourth-order valence-electron chi connectivity index (χ4n) is 3.80. The fourth-order valence-corrected chi connectivity index (χ4v) is 3.80. The average molecular weight is 338 g/mol. The maximum atomic E-state index is 12.5. The van der Waals surface area contributed by atoms with Crippen molar-refractivity contribution in [3.05, 3.63) is 54.5 Å². The predicted molar refractivity (Wildman–Crippen MR) is 94.3 cm³/mol. The van der Waals surface area contributed by atoms with E-state index in [9.17, 15) is 4.79 Å². The van der Waals surface area contributed by atoms with Crippen molar-refractivity contribution in [1.82, 2.24) is 14.9 Å². The Morgan fingerprint density at radius 3 is 2.84 bits per heavy atom. The van der Waals surface area contributed by atoms with Crippen LogP contribution in [0.15, 0.2) is 48.9 Å². The summed E-state index contributed by atoms with van der Waals surface area (Å²) in [5.74, 6) is 1.44. The van der Waals surface area contributed by atoms with Crippen molar-refractivity contribution < 1.29 is 9.53 Å². The molecule has 2 fully saturated rings. The summed E-state index contributed by atoms with van der Waals surface area (Å²) >= 11 is 0. The topological polar surface area (TPSA) is 67.4 Å². The van der Waals surface area contributed by atoms with Crippen LogP contribution in [0.4, 0.5) is 5.82 Å². The maximum Gasteiger partial charge on any atom is 0.254 e. The molecule has 0 unspecified atom stereocenters. The standard InChI is InChI=1S/C19H22N4O2/c24-18(15-4-9-20-10-5-15)23-13-19(14-23)16(7-12-25-19)6-11-22-17-3-1-2-8-21-17/h1-5,8-10,16H,6-7,11-14H2,(H,21,22)/t16-/m0/s1. The highest BCUT2D eigenvalue weighted by Gasteiger charge is 2.54. The number of ether oxygens (including phenoxy) is 1. The van der Waals surface area contributed by atoms with Gasteiger partial charge in [0, 0.05) is 37.3 Å². The van der Waals surface area contributed by atoms with Gasteiger partial charge in [-0.1, -0.05) is 6.07 Å². The summed E-state index contributed by atoms with van der Waals surface area (Å²) in [6.45, 7) is 3.02. The molecule has 2 aromatic heterocycles. The molecule has 2 aliphatic rings. The first-order chi connectivity index (χ1) is 12.3. The van der Waals surface area contributed by atoms with Crippen molar-refractivity contribution in [3.8, 4) is 0 Å². The number of aromatic nitrogens is 2. The summed E-state index contributed by atoms with van der Waals surface area (Å²) in [5.41, 5.74) is 0.533. The van der Waals surface area contributed by atoms with Crippen LogP contribution >= 0.6 is 0 Å².